The number of amides is 1. The van der Waals surface area contributed by atoms with Crippen LogP contribution >= 0.6 is 11.3 Å². The summed E-state index contributed by atoms with van der Waals surface area (Å²) in [6.45, 7) is 2.64. The molecule has 0 aliphatic heterocycles. The standard InChI is InChI=1S/C14H21NO3S/c1-11(4-7-14(17)18)8-9-15-13(16)6-5-12-3-2-10-19-12/h2-3,10-11H,4-9H2,1H3,(H,15,16)(H,17,18). The van der Waals surface area contributed by atoms with Gasteiger partial charge in [-0.05, 0) is 36.6 Å². The van der Waals surface area contributed by atoms with E-state index in [0.717, 1.165) is 12.8 Å². The molecule has 5 heteroatoms. The van der Waals surface area contributed by atoms with Gasteiger partial charge in [0.05, 0.1) is 0 Å². The molecule has 106 valence electrons. The maximum Gasteiger partial charge on any atom is 0.303 e. The molecule has 1 rings (SSSR count). The van der Waals surface area contributed by atoms with Crippen molar-refractivity contribution in [2.75, 3.05) is 6.54 Å². The molecule has 1 aromatic heterocycles. The second-order valence-electron chi connectivity index (χ2n) is 4.76. The number of carbonyl (C=O) groups is 2. The maximum atomic E-state index is 11.6. The number of carboxylic acid groups (broad SMARTS) is 1. The van der Waals surface area contributed by atoms with Crippen molar-refractivity contribution in [3.05, 3.63) is 22.4 Å². The fraction of sp³-hybridized carbons (Fsp3) is 0.571. The van der Waals surface area contributed by atoms with Crippen LogP contribution in [0.25, 0.3) is 0 Å². The lowest BCUT2D eigenvalue weighted by Gasteiger charge is -2.10. The molecule has 1 atom stereocenters. The number of carbonyl (C=O) groups excluding carboxylic acids is 1. The molecule has 19 heavy (non-hydrogen) atoms. The zero-order valence-electron chi connectivity index (χ0n) is 11.2. The topological polar surface area (TPSA) is 66.4 Å². The number of hydrogen-bond acceptors (Lipinski definition) is 3. The Morgan fingerprint density at radius 2 is 2.16 bits per heavy atom. The Morgan fingerprint density at radius 3 is 2.79 bits per heavy atom. The van der Waals surface area contributed by atoms with Gasteiger partial charge in [0.25, 0.3) is 0 Å². The van der Waals surface area contributed by atoms with Crippen LogP contribution in [0, 0.1) is 5.92 Å². The first kappa shape index (κ1) is 15.7. The number of thiophene rings is 1. The Kier molecular flexibility index (Phi) is 7.18. The van der Waals surface area contributed by atoms with Crippen LogP contribution in [0.2, 0.25) is 0 Å². The summed E-state index contributed by atoms with van der Waals surface area (Å²) >= 11 is 1.67. The molecule has 0 aliphatic carbocycles. The maximum absolute atomic E-state index is 11.6. The molecule has 1 amide bonds. The van der Waals surface area contributed by atoms with Gasteiger partial charge in [-0.3, -0.25) is 9.59 Å². The number of aryl methyl sites for hydroxylation is 1. The summed E-state index contributed by atoms with van der Waals surface area (Å²) in [5.74, 6) is -0.362. The summed E-state index contributed by atoms with van der Waals surface area (Å²) in [6, 6.07) is 4.02. The quantitative estimate of drug-likeness (QED) is 0.732. The van der Waals surface area contributed by atoms with Crippen LogP contribution in [-0.4, -0.2) is 23.5 Å². The number of rotatable bonds is 9. The number of carboxylic acids is 1. The molecule has 0 spiro atoms. The smallest absolute Gasteiger partial charge is 0.303 e. The highest BCUT2D eigenvalue weighted by atomic mass is 32.1. The van der Waals surface area contributed by atoms with E-state index >= 15 is 0 Å². The van der Waals surface area contributed by atoms with Crippen molar-refractivity contribution in [1.82, 2.24) is 5.32 Å². The van der Waals surface area contributed by atoms with E-state index in [1.807, 2.05) is 24.4 Å². The normalized spacial score (nSPS) is 12.1. The van der Waals surface area contributed by atoms with Crippen molar-refractivity contribution in [1.29, 1.82) is 0 Å². The third kappa shape index (κ3) is 7.62. The van der Waals surface area contributed by atoms with E-state index in [1.54, 1.807) is 11.3 Å². The number of nitrogens with one attached hydrogen (secondary N) is 1. The molecule has 0 aromatic carbocycles. The van der Waals surface area contributed by atoms with Gasteiger partial charge in [0.15, 0.2) is 0 Å². The molecule has 0 bridgehead atoms. The van der Waals surface area contributed by atoms with Crippen LogP contribution in [0.3, 0.4) is 0 Å². The molecule has 1 unspecified atom stereocenters. The van der Waals surface area contributed by atoms with Crippen LogP contribution in [0.5, 0.6) is 0 Å². The molecule has 1 heterocycles. The van der Waals surface area contributed by atoms with Crippen molar-refractivity contribution < 1.29 is 14.7 Å². The lowest BCUT2D eigenvalue weighted by molar-refractivity contribution is -0.137. The third-order valence-electron chi connectivity index (χ3n) is 2.99. The average Bonchev–Trinajstić information content (AvgIpc) is 2.87. The van der Waals surface area contributed by atoms with Gasteiger partial charge in [-0.1, -0.05) is 13.0 Å². The summed E-state index contributed by atoms with van der Waals surface area (Å²) in [4.78, 5) is 23.2. The number of aliphatic carboxylic acids is 1. The fourth-order valence-corrected chi connectivity index (χ4v) is 2.46. The largest absolute Gasteiger partial charge is 0.481 e. The monoisotopic (exact) mass is 283 g/mol. The van der Waals surface area contributed by atoms with Crippen LogP contribution in [-0.2, 0) is 16.0 Å². The fourth-order valence-electron chi connectivity index (χ4n) is 1.75. The molecule has 1 aromatic rings. The Balaban J connectivity index is 2.05. The summed E-state index contributed by atoms with van der Waals surface area (Å²) < 4.78 is 0. The van der Waals surface area contributed by atoms with E-state index in [0.29, 0.717) is 25.3 Å². The summed E-state index contributed by atoms with van der Waals surface area (Å²) in [7, 11) is 0. The Morgan fingerprint density at radius 1 is 1.37 bits per heavy atom. The van der Waals surface area contributed by atoms with Crippen LogP contribution in [0.15, 0.2) is 17.5 Å². The molecule has 0 saturated heterocycles. The van der Waals surface area contributed by atoms with E-state index in [-0.39, 0.29) is 12.3 Å². The Hall–Kier alpha value is -1.36. The van der Waals surface area contributed by atoms with E-state index in [1.165, 1.54) is 4.88 Å². The minimum Gasteiger partial charge on any atom is -0.481 e. The van der Waals surface area contributed by atoms with Crippen molar-refractivity contribution in [3.63, 3.8) is 0 Å². The van der Waals surface area contributed by atoms with Gasteiger partial charge in [0.1, 0.15) is 0 Å². The first-order chi connectivity index (χ1) is 9.08. The Labute approximate surface area is 117 Å². The SMILES string of the molecule is CC(CCNC(=O)CCc1cccs1)CCC(=O)O. The lowest BCUT2D eigenvalue weighted by atomic mass is 10.0. The van der Waals surface area contributed by atoms with E-state index in [9.17, 15) is 9.59 Å². The van der Waals surface area contributed by atoms with E-state index in [2.05, 4.69) is 5.32 Å². The zero-order chi connectivity index (χ0) is 14.1. The van der Waals surface area contributed by atoms with Gasteiger partial charge < -0.3 is 10.4 Å². The lowest BCUT2D eigenvalue weighted by Crippen LogP contribution is -2.25. The van der Waals surface area contributed by atoms with Crippen molar-refractivity contribution in [2.45, 2.75) is 39.0 Å². The summed E-state index contributed by atoms with van der Waals surface area (Å²) in [6.07, 6.45) is 3.01. The average molecular weight is 283 g/mol. The molecule has 0 fully saturated rings. The molecule has 0 radical (unpaired) electrons. The van der Waals surface area contributed by atoms with Crippen LogP contribution in [0.1, 0.15) is 37.5 Å². The number of hydrogen-bond donors (Lipinski definition) is 2. The first-order valence-corrected chi connectivity index (χ1v) is 7.46. The highest BCUT2D eigenvalue weighted by Crippen LogP contribution is 2.11. The predicted octanol–water partition coefficient (Wildman–Crippen LogP) is 2.69. The minimum absolute atomic E-state index is 0.0684. The summed E-state index contributed by atoms with van der Waals surface area (Å²) in [5, 5.41) is 13.5. The predicted molar refractivity (Wildman–Crippen MR) is 76.3 cm³/mol. The second-order valence-corrected chi connectivity index (χ2v) is 5.79. The zero-order valence-corrected chi connectivity index (χ0v) is 12.0. The molecule has 0 aliphatic rings. The van der Waals surface area contributed by atoms with E-state index < -0.39 is 5.97 Å². The molecule has 0 saturated carbocycles. The third-order valence-corrected chi connectivity index (χ3v) is 3.93. The Bertz CT molecular complexity index is 389. The van der Waals surface area contributed by atoms with Gasteiger partial charge in [-0.25, -0.2) is 0 Å². The van der Waals surface area contributed by atoms with Gasteiger partial charge >= 0.3 is 5.97 Å². The molecule has 4 nitrogen and oxygen atoms in total. The first-order valence-electron chi connectivity index (χ1n) is 6.59. The van der Waals surface area contributed by atoms with Crippen LogP contribution in [0.4, 0.5) is 0 Å². The van der Waals surface area contributed by atoms with Gasteiger partial charge in [0, 0.05) is 24.3 Å². The summed E-state index contributed by atoms with van der Waals surface area (Å²) in [5.41, 5.74) is 0. The highest BCUT2D eigenvalue weighted by Gasteiger charge is 2.07. The minimum atomic E-state index is -0.758. The van der Waals surface area contributed by atoms with Crippen molar-refractivity contribution >= 4 is 23.2 Å². The second kappa shape index (κ2) is 8.69. The van der Waals surface area contributed by atoms with Crippen LogP contribution < -0.4 is 5.32 Å². The van der Waals surface area contributed by atoms with Gasteiger partial charge in [-0.2, -0.15) is 0 Å². The molecule has 2 N–H and O–H groups in total. The van der Waals surface area contributed by atoms with Gasteiger partial charge in [-0.15, -0.1) is 11.3 Å². The van der Waals surface area contributed by atoms with E-state index in [4.69, 9.17) is 5.11 Å². The van der Waals surface area contributed by atoms with Crippen molar-refractivity contribution in [3.8, 4) is 0 Å². The highest BCUT2D eigenvalue weighted by molar-refractivity contribution is 7.09. The molecular weight excluding hydrogens is 262 g/mol. The molecular formula is C14H21NO3S. The van der Waals surface area contributed by atoms with Crippen molar-refractivity contribution in [2.24, 2.45) is 5.92 Å². The van der Waals surface area contributed by atoms with Gasteiger partial charge in [0.2, 0.25) is 5.91 Å².